The van der Waals surface area contributed by atoms with Crippen LogP contribution in [0, 0.1) is 0 Å². The molecule has 0 bridgehead atoms. The van der Waals surface area contributed by atoms with E-state index in [1.165, 1.54) is 6.21 Å². The smallest absolute Gasteiger partial charge is 0.262 e. The lowest BCUT2D eigenvalue weighted by molar-refractivity contribution is -0.122. The summed E-state index contributed by atoms with van der Waals surface area (Å²) in [7, 11) is 0. The number of phenolic OH excluding ortho intramolecular Hbond substituents is 1. The highest BCUT2D eigenvalue weighted by Gasteiger charge is 2.17. The Morgan fingerprint density at radius 1 is 1.33 bits per heavy atom. The van der Waals surface area contributed by atoms with E-state index in [1.807, 2.05) is 6.92 Å². The fourth-order valence-corrected chi connectivity index (χ4v) is 3.06. The number of hydrazone groups is 1. The minimum atomic E-state index is -0.795. The Labute approximate surface area is 184 Å². The number of carbonyl (C=O) groups is 2. The number of hydrogen-bond donors (Lipinski definition) is 3. The van der Waals surface area contributed by atoms with Crippen molar-refractivity contribution >= 4 is 34.0 Å². The van der Waals surface area contributed by atoms with Crippen molar-refractivity contribution in [1.29, 1.82) is 0 Å². The van der Waals surface area contributed by atoms with Crippen LogP contribution in [0.4, 0.5) is 0 Å². The predicted octanol–water partition coefficient (Wildman–Crippen LogP) is 3.55. The van der Waals surface area contributed by atoms with Gasteiger partial charge in [0.15, 0.2) is 11.5 Å². The van der Waals surface area contributed by atoms with Crippen molar-refractivity contribution in [3.8, 4) is 11.5 Å². The first-order chi connectivity index (χ1) is 14.4. The number of nitrogens with one attached hydrogen (secondary N) is 2. The lowest BCUT2D eigenvalue weighted by atomic mass is 10.1. The number of carbonyl (C=O) groups excluding carboxylic acids is 2. The van der Waals surface area contributed by atoms with Gasteiger partial charge in [0.1, 0.15) is 6.04 Å². The molecule has 0 aliphatic rings. The number of rotatable bonds is 9. The molecule has 2 amide bonds. The average molecular weight is 474 g/mol. The highest BCUT2D eigenvalue weighted by atomic mass is 79.9. The molecular formula is C22H24BrN3O4. The Morgan fingerprint density at radius 2 is 2.07 bits per heavy atom. The molecule has 0 heterocycles. The molecule has 2 rings (SSSR count). The van der Waals surface area contributed by atoms with Crippen LogP contribution in [-0.4, -0.2) is 35.8 Å². The maximum atomic E-state index is 12.3. The minimum Gasteiger partial charge on any atom is -0.504 e. The molecule has 1 atom stereocenters. The monoisotopic (exact) mass is 473 g/mol. The largest absolute Gasteiger partial charge is 0.504 e. The first-order valence-electron chi connectivity index (χ1n) is 9.35. The summed E-state index contributed by atoms with van der Waals surface area (Å²) in [5.74, 6) is -0.454. The molecule has 30 heavy (non-hydrogen) atoms. The number of amides is 2. The summed E-state index contributed by atoms with van der Waals surface area (Å²) in [4.78, 5) is 24.5. The van der Waals surface area contributed by atoms with Gasteiger partial charge in [-0.2, -0.15) is 5.10 Å². The summed E-state index contributed by atoms with van der Waals surface area (Å²) in [6.45, 7) is 7.46. The van der Waals surface area contributed by atoms with Gasteiger partial charge in [0, 0.05) is 10.0 Å². The van der Waals surface area contributed by atoms with Crippen LogP contribution in [0.3, 0.4) is 0 Å². The molecule has 0 saturated carbocycles. The molecule has 158 valence electrons. The van der Waals surface area contributed by atoms with E-state index in [9.17, 15) is 14.7 Å². The number of ether oxygens (including phenoxy) is 1. The van der Waals surface area contributed by atoms with Crippen molar-refractivity contribution in [3.05, 3.63) is 70.2 Å². The maximum Gasteiger partial charge on any atom is 0.262 e. The fraction of sp³-hybridized carbons (Fsp3) is 0.227. The second kappa shape index (κ2) is 11.2. The summed E-state index contributed by atoms with van der Waals surface area (Å²) >= 11 is 3.31. The van der Waals surface area contributed by atoms with Crippen molar-refractivity contribution in [1.82, 2.24) is 10.7 Å². The van der Waals surface area contributed by atoms with Gasteiger partial charge in [0.25, 0.3) is 11.8 Å². The number of halogens is 1. The Morgan fingerprint density at radius 3 is 2.73 bits per heavy atom. The van der Waals surface area contributed by atoms with Crippen molar-refractivity contribution in [3.63, 3.8) is 0 Å². The third-order valence-corrected chi connectivity index (χ3v) is 4.78. The second-order valence-electron chi connectivity index (χ2n) is 6.36. The number of benzene rings is 2. The fourth-order valence-electron chi connectivity index (χ4n) is 2.59. The van der Waals surface area contributed by atoms with E-state index in [2.05, 4.69) is 38.4 Å². The van der Waals surface area contributed by atoms with Crippen LogP contribution in [0.25, 0.3) is 0 Å². The van der Waals surface area contributed by atoms with Crippen LogP contribution in [-0.2, 0) is 11.2 Å². The maximum absolute atomic E-state index is 12.3. The topological polar surface area (TPSA) is 100 Å². The summed E-state index contributed by atoms with van der Waals surface area (Å²) in [5.41, 5.74) is 4.11. The first-order valence-corrected chi connectivity index (χ1v) is 10.1. The zero-order valence-electron chi connectivity index (χ0n) is 16.8. The Balaban J connectivity index is 2.03. The van der Waals surface area contributed by atoms with E-state index in [0.717, 1.165) is 0 Å². The molecule has 0 aliphatic heterocycles. The minimum absolute atomic E-state index is 0.0568. The van der Waals surface area contributed by atoms with Gasteiger partial charge in [-0.1, -0.05) is 18.2 Å². The van der Waals surface area contributed by atoms with Crippen molar-refractivity contribution in [2.24, 2.45) is 5.10 Å². The average Bonchev–Trinajstić information content (AvgIpc) is 2.71. The molecule has 0 fully saturated rings. The molecule has 0 aliphatic carbocycles. The highest BCUT2D eigenvalue weighted by Crippen LogP contribution is 2.31. The molecule has 2 aromatic carbocycles. The lowest BCUT2D eigenvalue weighted by Gasteiger charge is -2.13. The molecular weight excluding hydrogens is 450 g/mol. The summed E-state index contributed by atoms with van der Waals surface area (Å²) < 4.78 is 6.08. The van der Waals surface area contributed by atoms with Crippen LogP contribution in [0.1, 0.15) is 35.3 Å². The number of allylic oxidation sites excluding steroid dienone is 1. The van der Waals surface area contributed by atoms with E-state index in [0.29, 0.717) is 39.9 Å². The van der Waals surface area contributed by atoms with Crippen molar-refractivity contribution in [2.45, 2.75) is 26.3 Å². The van der Waals surface area contributed by atoms with Gasteiger partial charge >= 0.3 is 0 Å². The number of nitrogens with zero attached hydrogens (tertiary/aromatic N) is 1. The Kier molecular flexibility index (Phi) is 8.61. The van der Waals surface area contributed by atoms with Gasteiger partial charge in [-0.15, -0.1) is 6.58 Å². The highest BCUT2D eigenvalue weighted by molar-refractivity contribution is 9.10. The summed E-state index contributed by atoms with van der Waals surface area (Å²) in [5, 5.41) is 16.8. The lowest BCUT2D eigenvalue weighted by Crippen LogP contribution is -2.43. The number of aromatic hydroxyl groups is 1. The SMILES string of the molecule is C=CCc1cc(C=NNC(=O)C(C)NC(=O)c2ccccc2Br)cc(OCC)c1O. The van der Waals surface area contributed by atoms with Gasteiger partial charge in [-0.25, -0.2) is 5.43 Å². The van der Waals surface area contributed by atoms with E-state index < -0.39 is 11.9 Å². The van der Waals surface area contributed by atoms with E-state index in [4.69, 9.17) is 4.74 Å². The van der Waals surface area contributed by atoms with Gasteiger partial charge < -0.3 is 15.2 Å². The third kappa shape index (κ3) is 6.18. The third-order valence-electron chi connectivity index (χ3n) is 4.09. The van der Waals surface area contributed by atoms with Crippen molar-refractivity contribution < 1.29 is 19.4 Å². The van der Waals surface area contributed by atoms with Crippen LogP contribution in [0.15, 0.2) is 58.6 Å². The first kappa shape index (κ1) is 23.2. The van der Waals surface area contributed by atoms with Gasteiger partial charge in [0.2, 0.25) is 0 Å². The van der Waals surface area contributed by atoms with Crippen LogP contribution in [0.2, 0.25) is 0 Å². The molecule has 0 radical (unpaired) electrons. The summed E-state index contributed by atoms with van der Waals surface area (Å²) in [6, 6.07) is 9.50. The standard InChI is InChI=1S/C22H24BrN3O4/c1-4-8-16-11-15(12-19(20(16)27)30-5-2)13-24-26-21(28)14(3)25-22(29)17-9-6-7-10-18(17)23/h4,6-7,9-14,27H,1,5,8H2,2-3H3,(H,25,29)(H,26,28). The normalized spacial score (nSPS) is 11.7. The van der Waals surface area contributed by atoms with Crippen LogP contribution in [0.5, 0.6) is 11.5 Å². The predicted molar refractivity (Wildman–Crippen MR) is 120 cm³/mol. The molecule has 3 N–H and O–H groups in total. The zero-order valence-corrected chi connectivity index (χ0v) is 18.4. The Hall–Kier alpha value is -3.13. The second-order valence-corrected chi connectivity index (χ2v) is 7.22. The van der Waals surface area contributed by atoms with Crippen LogP contribution < -0.4 is 15.5 Å². The molecule has 0 spiro atoms. The molecule has 1 unspecified atom stereocenters. The van der Waals surface area contributed by atoms with E-state index in [1.54, 1.807) is 49.4 Å². The number of hydrogen-bond acceptors (Lipinski definition) is 5. The quantitative estimate of drug-likeness (QED) is 0.294. The summed E-state index contributed by atoms with van der Waals surface area (Å²) in [6.07, 6.45) is 3.57. The molecule has 7 nitrogen and oxygen atoms in total. The molecule has 2 aromatic rings. The molecule has 8 heteroatoms. The zero-order chi connectivity index (χ0) is 22.1. The molecule has 0 saturated heterocycles. The van der Waals surface area contributed by atoms with Crippen LogP contribution >= 0.6 is 15.9 Å². The van der Waals surface area contributed by atoms with E-state index >= 15 is 0 Å². The van der Waals surface area contributed by atoms with Gasteiger partial charge in [-0.3, -0.25) is 9.59 Å². The Bertz CT molecular complexity index is 959. The molecule has 0 aromatic heterocycles. The van der Waals surface area contributed by atoms with Gasteiger partial charge in [-0.05, 0) is 66.0 Å². The van der Waals surface area contributed by atoms with Crippen molar-refractivity contribution in [2.75, 3.05) is 6.61 Å². The van der Waals surface area contributed by atoms with E-state index in [-0.39, 0.29) is 11.7 Å². The van der Waals surface area contributed by atoms with Gasteiger partial charge in [0.05, 0.1) is 18.4 Å². The number of phenols is 1.